The van der Waals surface area contributed by atoms with Gasteiger partial charge in [0.1, 0.15) is 11.8 Å². The Balaban J connectivity index is 1.99. The number of aryl methyl sites for hydroxylation is 1. The van der Waals surface area contributed by atoms with E-state index in [9.17, 15) is 4.79 Å². The van der Waals surface area contributed by atoms with Crippen LogP contribution < -0.4 is 15.4 Å². The number of anilines is 2. The van der Waals surface area contributed by atoms with Gasteiger partial charge in [-0.1, -0.05) is 6.07 Å². The second-order valence-electron chi connectivity index (χ2n) is 5.07. The molecule has 0 aromatic heterocycles. The first-order chi connectivity index (χ1) is 10.5. The normalized spacial score (nSPS) is 11.6. The van der Waals surface area contributed by atoms with Crippen LogP contribution >= 0.6 is 15.9 Å². The number of ether oxygens (including phenoxy) is 1. The topological polar surface area (TPSA) is 50.4 Å². The van der Waals surface area contributed by atoms with Gasteiger partial charge in [0.05, 0.1) is 12.8 Å². The molecule has 22 heavy (non-hydrogen) atoms. The second kappa shape index (κ2) is 7.31. The van der Waals surface area contributed by atoms with Crippen LogP contribution in [-0.2, 0) is 4.79 Å². The highest BCUT2D eigenvalue weighted by Crippen LogP contribution is 2.23. The van der Waals surface area contributed by atoms with Crippen molar-refractivity contribution in [3.8, 4) is 5.75 Å². The first-order valence-corrected chi connectivity index (χ1v) is 7.76. The lowest BCUT2D eigenvalue weighted by Gasteiger charge is -2.16. The maximum absolute atomic E-state index is 12.3. The molecule has 2 rings (SSSR count). The molecule has 0 aliphatic carbocycles. The summed E-state index contributed by atoms with van der Waals surface area (Å²) in [6, 6.07) is 12.9. The first kappa shape index (κ1) is 16.4. The molecule has 1 unspecified atom stereocenters. The van der Waals surface area contributed by atoms with E-state index in [2.05, 4.69) is 26.6 Å². The van der Waals surface area contributed by atoms with E-state index in [1.165, 1.54) is 0 Å². The van der Waals surface area contributed by atoms with Crippen LogP contribution in [0.15, 0.2) is 46.9 Å². The molecule has 0 aliphatic heterocycles. The molecule has 0 fully saturated rings. The third kappa shape index (κ3) is 4.24. The molecule has 2 aromatic carbocycles. The Morgan fingerprint density at radius 3 is 2.45 bits per heavy atom. The molecule has 5 heteroatoms. The van der Waals surface area contributed by atoms with Gasteiger partial charge in [0.2, 0.25) is 5.91 Å². The Hall–Kier alpha value is -2.01. The number of rotatable bonds is 5. The Kier molecular flexibility index (Phi) is 5.44. The van der Waals surface area contributed by atoms with Crippen LogP contribution in [0.4, 0.5) is 11.4 Å². The molecule has 1 atom stereocenters. The molecule has 0 heterocycles. The Morgan fingerprint density at radius 1 is 1.18 bits per heavy atom. The summed E-state index contributed by atoms with van der Waals surface area (Å²) in [7, 11) is 1.62. The second-order valence-corrected chi connectivity index (χ2v) is 5.92. The SMILES string of the molecule is COc1ccc(NC(C)C(=O)Nc2ccc(C)cc2Br)cc1. The lowest BCUT2D eigenvalue weighted by atomic mass is 10.2. The monoisotopic (exact) mass is 362 g/mol. The highest BCUT2D eigenvalue weighted by molar-refractivity contribution is 9.10. The quantitative estimate of drug-likeness (QED) is 0.837. The van der Waals surface area contributed by atoms with Crippen molar-refractivity contribution in [2.45, 2.75) is 19.9 Å². The van der Waals surface area contributed by atoms with Gasteiger partial charge < -0.3 is 15.4 Å². The summed E-state index contributed by atoms with van der Waals surface area (Å²) in [6.07, 6.45) is 0. The zero-order valence-corrected chi connectivity index (χ0v) is 14.4. The Labute approximate surface area is 139 Å². The highest BCUT2D eigenvalue weighted by atomic mass is 79.9. The molecular weight excluding hydrogens is 344 g/mol. The predicted molar refractivity (Wildman–Crippen MR) is 93.6 cm³/mol. The standard InChI is InChI=1S/C17H19BrN2O2/c1-11-4-9-16(15(18)10-11)20-17(21)12(2)19-13-5-7-14(22-3)8-6-13/h4-10,12,19H,1-3H3,(H,20,21). The van der Waals surface area contributed by atoms with E-state index in [1.807, 2.05) is 56.3 Å². The summed E-state index contributed by atoms with van der Waals surface area (Å²) in [5, 5.41) is 6.07. The highest BCUT2D eigenvalue weighted by Gasteiger charge is 2.14. The zero-order valence-electron chi connectivity index (χ0n) is 12.8. The minimum absolute atomic E-state index is 0.0969. The lowest BCUT2D eigenvalue weighted by molar-refractivity contribution is -0.116. The first-order valence-electron chi connectivity index (χ1n) is 6.97. The van der Waals surface area contributed by atoms with Crippen molar-refractivity contribution in [3.05, 3.63) is 52.5 Å². The zero-order chi connectivity index (χ0) is 16.1. The van der Waals surface area contributed by atoms with E-state index < -0.39 is 0 Å². The summed E-state index contributed by atoms with van der Waals surface area (Å²) >= 11 is 3.46. The van der Waals surface area contributed by atoms with Gasteiger partial charge in [-0.3, -0.25) is 4.79 Å². The van der Waals surface area contributed by atoms with E-state index in [0.29, 0.717) is 0 Å². The van der Waals surface area contributed by atoms with Crippen molar-refractivity contribution >= 4 is 33.2 Å². The molecule has 0 saturated heterocycles. The lowest BCUT2D eigenvalue weighted by Crippen LogP contribution is -2.31. The number of halogens is 1. The molecule has 2 N–H and O–H groups in total. The van der Waals surface area contributed by atoms with Crippen molar-refractivity contribution in [2.24, 2.45) is 0 Å². The summed E-state index contributed by atoms with van der Waals surface area (Å²) in [6.45, 7) is 3.83. The van der Waals surface area contributed by atoms with E-state index in [-0.39, 0.29) is 11.9 Å². The largest absolute Gasteiger partial charge is 0.497 e. The number of hydrogen-bond acceptors (Lipinski definition) is 3. The van der Waals surface area contributed by atoms with Crippen molar-refractivity contribution in [3.63, 3.8) is 0 Å². The van der Waals surface area contributed by atoms with E-state index >= 15 is 0 Å². The molecule has 0 spiro atoms. The van der Waals surface area contributed by atoms with Crippen molar-refractivity contribution in [1.82, 2.24) is 0 Å². The van der Waals surface area contributed by atoms with E-state index in [0.717, 1.165) is 27.2 Å². The maximum atomic E-state index is 12.3. The smallest absolute Gasteiger partial charge is 0.246 e. The van der Waals surface area contributed by atoms with Gasteiger partial charge in [-0.15, -0.1) is 0 Å². The van der Waals surface area contributed by atoms with Crippen molar-refractivity contribution in [2.75, 3.05) is 17.7 Å². The fraction of sp³-hybridized carbons (Fsp3) is 0.235. The number of benzene rings is 2. The summed E-state index contributed by atoms with van der Waals surface area (Å²) in [5.74, 6) is 0.687. The molecule has 116 valence electrons. The van der Waals surface area contributed by atoms with Gasteiger partial charge in [-0.05, 0) is 71.7 Å². The number of methoxy groups -OCH3 is 1. The summed E-state index contributed by atoms with van der Waals surface area (Å²) in [5.41, 5.74) is 2.76. The Bertz CT molecular complexity index is 656. The van der Waals surface area contributed by atoms with Gasteiger partial charge in [0.15, 0.2) is 0 Å². The predicted octanol–water partition coefficient (Wildman–Crippen LogP) is 4.21. The van der Waals surface area contributed by atoms with Crippen LogP contribution in [0.5, 0.6) is 5.75 Å². The van der Waals surface area contributed by atoms with E-state index in [4.69, 9.17) is 4.74 Å². The molecular formula is C17H19BrN2O2. The van der Waals surface area contributed by atoms with E-state index in [1.54, 1.807) is 7.11 Å². The number of carbonyl (C=O) groups is 1. The maximum Gasteiger partial charge on any atom is 0.246 e. The number of hydrogen-bond donors (Lipinski definition) is 2. The molecule has 0 aliphatic rings. The van der Waals surface area contributed by atoms with Crippen LogP contribution in [0.25, 0.3) is 0 Å². The average molecular weight is 363 g/mol. The molecule has 1 amide bonds. The Morgan fingerprint density at radius 2 is 1.86 bits per heavy atom. The van der Waals surface area contributed by atoms with Crippen molar-refractivity contribution < 1.29 is 9.53 Å². The fourth-order valence-electron chi connectivity index (χ4n) is 1.97. The van der Waals surface area contributed by atoms with Crippen molar-refractivity contribution in [1.29, 1.82) is 0 Å². The average Bonchev–Trinajstić information content (AvgIpc) is 2.50. The third-order valence-corrected chi connectivity index (χ3v) is 3.91. The van der Waals surface area contributed by atoms with Crippen LogP contribution in [-0.4, -0.2) is 19.1 Å². The molecule has 0 bridgehead atoms. The minimum Gasteiger partial charge on any atom is -0.497 e. The van der Waals surface area contributed by atoms with Crippen LogP contribution in [0.3, 0.4) is 0 Å². The fourth-order valence-corrected chi connectivity index (χ4v) is 2.56. The summed E-state index contributed by atoms with van der Waals surface area (Å²) < 4.78 is 5.98. The summed E-state index contributed by atoms with van der Waals surface area (Å²) in [4.78, 5) is 12.3. The van der Waals surface area contributed by atoms with Gasteiger partial charge in [-0.2, -0.15) is 0 Å². The van der Waals surface area contributed by atoms with Gasteiger partial charge >= 0.3 is 0 Å². The van der Waals surface area contributed by atoms with Crippen LogP contribution in [0, 0.1) is 6.92 Å². The van der Waals surface area contributed by atoms with Gasteiger partial charge in [-0.25, -0.2) is 0 Å². The molecule has 0 saturated carbocycles. The van der Waals surface area contributed by atoms with Crippen LogP contribution in [0.1, 0.15) is 12.5 Å². The van der Waals surface area contributed by atoms with Crippen LogP contribution in [0.2, 0.25) is 0 Å². The molecule has 2 aromatic rings. The number of carbonyl (C=O) groups excluding carboxylic acids is 1. The molecule has 4 nitrogen and oxygen atoms in total. The number of nitrogens with one attached hydrogen (secondary N) is 2. The number of amides is 1. The third-order valence-electron chi connectivity index (χ3n) is 3.25. The van der Waals surface area contributed by atoms with Gasteiger partial charge in [0, 0.05) is 10.2 Å². The molecule has 0 radical (unpaired) electrons. The minimum atomic E-state index is -0.360. The van der Waals surface area contributed by atoms with Gasteiger partial charge in [0.25, 0.3) is 0 Å².